The van der Waals surface area contributed by atoms with Crippen LogP contribution in [-0.4, -0.2) is 93.4 Å². The van der Waals surface area contributed by atoms with Crippen molar-refractivity contribution in [2.45, 2.75) is 70.8 Å². The molecule has 0 aliphatic heterocycles. The average Bonchev–Trinajstić information content (AvgIpc) is 3.19. The van der Waals surface area contributed by atoms with Gasteiger partial charge in [-0.05, 0) is 80.5 Å². The van der Waals surface area contributed by atoms with Crippen molar-refractivity contribution in [2.75, 3.05) is 30.4 Å². The number of carbonyl (C=O) groups is 6. The summed E-state index contributed by atoms with van der Waals surface area (Å²) in [5, 5.41) is 11.8. The lowest BCUT2D eigenvalue weighted by atomic mass is 10.0. The Morgan fingerprint density at radius 2 is 1.44 bits per heavy atom. The van der Waals surface area contributed by atoms with Gasteiger partial charge in [-0.3, -0.25) is 24.0 Å². The number of hydrogen-bond donors (Lipinski definition) is 7. The van der Waals surface area contributed by atoms with Gasteiger partial charge in [-0.25, -0.2) is 14.8 Å². The van der Waals surface area contributed by atoms with E-state index >= 15 is 0 Å². The number of carbonyl (C=O) groups excluding carboxylic acids is 6. The molecule has 0 aliphatic rings. The van der Waals surface area contributed by atoms with Gasteiger partial charge in [0.05, 0.1) is 19.0 Å². The van der Waals surface area contributed by atoms with E-state index in [9.17, 15) is 41.9 Å². The molecule has 18 nitrogen and oxygen atoms in total. The zero-order valence-corrected chi connectivity index (χ0v) is 32.5. The van der Waals surface area contributed by atoms with Gasteiger partial charge in [0.25, 0.3) is 11.8 Å². The molecule has 4 rings (SSSR count). The minimum absolute atomic E-state index is 0.00620. The number of nitrogens with two attached hydrogens (primary N) is 2. The lowest BCUT2D eigenvalue weighted by Crippen LogP contribution is -2.55. The van der Waals surface area contributed by atoms with Crippen LogP contribution < -0.4 is 38.1 Å². The number of alkyl halides is 3. The number of nitrogen functional groups attached to an aromatic ring is 2. The fourth-order valence-corrected chi connectivity index (χ4v) is 5.52. The number of nitrogens with one attached hydrogen (secondary N) is 5. The molecule has 0 fully saturated rings. The third kappa shape index (κ3) is 12.8. The topological polar surface area (TPSA) is 275 Å². The maximum Gasteiger partial charge on any atom is 0.471 e. The van der Waals surface area contributed by atoms with Crippen molar-refractivity contribution in [3.8, 4) is 0 Å². The zero-order chi connectivity index (χ0) is 43.4. The Labute approximate surface area is 335 Å². The molecule has 0 saturated heterocycles. The number of hydrogen-bond acceptors (Lipinski definition) is 13. The van der Waals surface area contributed by atoms with Crippen LogP contribution in [0.15, 0.2) is 54.7 Å². The summed E-state index contributed by atoms with van der Waals surface area (Å²) >= 11 is 0. The second-order valence-corrected chi connectivity index (χ2v) is 13.6. The van der Waals surface area contributed by atoms with Crippen molar-refractivity contribution in [3.63, 3.8) is 0 Å². The molecule has 0 bridgehead atoms. The molecule has 0 aliphatic carbocycles. The molecule has 3 atom stereocenters. The summed E-state index contributed by atoms with van der Waals surface area (Å²) in [5.41, 5.74) is 14.6. The molecule has 59 heavy (non-hydrogen) atoms. The molecule has 0 saturated carbocycles. The molecule has 21 heteroatoms. The highest BCUT2D eigenvalue weighted by atomic mass is 19.4. The number of benzene rings is 2. The summed E-state index contributed by atoms with van der Waals surface area (Å²) in [6.07, 6.45) is -2.05. The van der Waals surface area contributed by atoms with Crippen LogP contribution in [0.1, 0.15) is 65.6 Å². The van der Waals surface area contributed by atoms with E-state index in [1.807, 2.05) is 0 Å². The van der Waals surface area contributed by atoms with Crippen molar-refractivity contribution in [1.29, 1.82) is 0 Å². The predicted octanol–water partition coefficient (Wildman–Crippen LogP) is 2.00. The lowest BCUT2D eigenvalue weighted by Gasteiger charge is -2.24. The Morgan fingerprint density at radius 3 is 2.07 bits per heavy atom. The number of anilines is 3. The van der Waals surface area contributed by atoms with Gasteiger partial charge in [0.2, 0.25) is 17.8 Å². The monoisotopic (exact) mass is 823 g/mol. The van der Waals surface area contributed by atoms with Crippen molar-refractivity contribution in [1.82, 2.24) is 41.2 Å². The van der Waals surface area contributed by atoms with Crippen LogP contribution in [-0.2, 0) is 36.8 Å². The molecular weight excluding hydrogens is 779 g/mol. The van der Waals surface area contributed by atoms with Crippen LogP contribution in [0.25, 0.3) is 11.2 Å². The van der Waals surface area contributed by atoms with E-state index in [1.54, 1.807) is 35.8 Å². The number of rotatable bonds is 17. The largest absolute Gasteiger partial charge is 0.471 e. The Bertz CT molecular complexity index is 2170. The Balaban J connectivity index is 1.21. The van der Waals surface area contributed by atoms with E-state index in [1.165, 1.54) is 52.1 Å². The molecule has 0 radical (unpaired) electrons. The van der Waals surface area contributed by atoms with Crippen LogP contribution in [0.2, 0.25) is 0 Å². The van der Waals surface area contributed by atoms with Gasteiger partial charge >= 0.3 is 18.1 Å². The lowest BCUT2D eigenvalue weighted by molar-refractivity contribution is -0.175. The molecule has 5 amide bonds. The summed E-state index contributed by atoms with van der Waals surface area (Å²) < 4.78 is 43.0. The fraction of sp³-hybridized carbons (Fsp3) is 0.368. The first-order valence-corrected chi connectivity index (χ1v) is 18.3. The maximum atomic E-state index is 13.0. The van der Waals surface area contributed by atoms with Gasteiger partial charge in [-0.15, -0.1) is 0 Å². The number of fused-ring (bicyclic) bond motifs is 1. The van der Waals surface area contributed by atoms with E-state index in [-0.39, 0.29) is 36.0 Å². The van der Waals surface area contributed by atoms with E-state index in [0.717, 1.165) is 5.56 Å². The smallest absolute Gasteiger partial charge is 0.467 e. The highest BCUT2D eigenvalue weighted by Gasteiger charge is 2.41. The Morgan fingerprint density at radius 1 is 0.797 bits per heavy atom. The SMILES string of the molecule is COC(=O)[C@H](CCCNC(=O)c1ccc(NC(=O)[C@H](C)NC(=O)[C@@H](NC(=O)C(F)(F)F)C(C)C)cc1)NC(=O)c1ccc(CCc2cnc3nc(N)nc(N)c3n2)cc1. The second-order valence-electron chi connectivity index (χ2n) is 13.6. The van der Waals surface area contributed by atoms with Gasteiger partial charge in [0, 0.05) is 23.4 Å². The first-order valence-electron chi connectivity index (χ1n) is 18.3. The van der Waals surface area contributed by atoms with Crippen LogP contribution in [0.3, 0.4) is 0 Å². The van der Waals surface area contributed by atoms with Gasteiger partial charge in [0.1, 0.15) is 18.1 Å². The molecule has 4 aromatic rings. The van der Waals surface area contributed by atoms with Gasteiger partial charge in [-0.1, -0.05) is 26.0 Å². The molecular formula is C38H44F3N11O7. The number of esters is 1. The predicted molar refractivity (Wildman–Crippen MR) is 208 cm³/mol. The summed E-state index contributed by atoms with van der Waals surface area (Å²) in [6, 6.07) is 8.82. The van der Waals surface area contributed by atoms with E-state index in [2.05, 4.69) is 41.2 Å². The van der Waals surface area contributed by atoms with Crippen LogP contribution in [0.5, 0.6) is 0 Å². The molecule has 314 valence electrons. The molecule has 2 aromatic carbocycles. The van der Waals surface area contributed by atoms with Crippen molar-refractivity contribution in [3.05, 3.63) is 77.1 Å². The van der Waals surface area contributed by atoms with Crippen molar-refractivity contribution >= 4 is 64.1 Å². The number of amides is 5. The van der Waals surface area contributed by atoms with Crippen molar-refractivity contribution in [2.24, 2.45) is 5.92 Å². The Kier molecular flexibility index (Phi) is 15.2. The van der Waals surface area contributed by atoms with E-state index < -0.39 is 65.7 Å². The molecule has 2 aromatic heterocycles. The van der Waals surface area contributed by atoms with E-state index in [4.69, 9.17) is 16.2 Å². The number of aryl methyl sites for hydroxylation is 2. The number of ether oxygens (including phenoxy) is 1. The normalized spacial score (nSPS) is 12.8. The minimum Gasteiger partial charge on any atom is -0.467 e. The minimum atomic E-state index is -5.19. The van der Waals surface area contributed by atoms with Gasteiger partial charge < -0.3 is 42.8 Å². The molecule has 0 unspecified atom stereocenters. The van der Waals surface area contributed by atoms with Crippen LogP contribution in [0, 0.1) is 5.92 Å². The Hall–Kier alpha value is -6.93. The first-order chi connectivity index (χ1) is 27.9. The maximum absolute atomic E-state index is 13.0. The van der Waals surface area contributed by atoms with Crippen LogP contribution >= 0.6 is 0 Å². The standard InChI is InChI=1S/C38H44F3N11O7/c1-19(2)27(50-36(58)38(39,40)41)34(56)46-20(3)31(53)48-24-15-12-22(13-16-24)32(54)44-17-5-6-26(35(57)59-4)49-33(55)23-10-7-21(8-11-23)9-14-25-18-45-30-28(47-25)29(42)51-37(43)52-30/h7-8,10-13,15-16,18-20,26-27H,5-6,9,14,17H2,1-4H3,(H,44,54)(H,46,56)(H,48,53)(H,49,55)(H,50,58)(H4,42,43,45,51,52)/t20-,26-,27-/m0/s1. The van der Waals surface area contributed by atoms with Crippen molar-refractivity contribution < 1.29 is 46.7 Å². The number of aromatic nitrogens is 4. The third-order valence-corrected chi connectivity index (χ3v) is 8.79. The van der Waals surface area contributed by atoms with Gasteiger partial charge in [-0.2, -0.15) is 23.1 Å². The first kappa shape index (κ1) is 44.8. The second kappa shape index (κ2) is 20.0. The summed E-state index contributed by atoms with van der Waals surface area (Å²) in [4.78, 5) is 91.6. The number of halogens is 3. The highest BCUT2D eigenvalue weighted by molar-refractivity contribution is 6.00. The van der Waals surface area contributed by atoms with E-state index in [0.29, 0.717) is 41.7 Å². The molecule has 2 heterocycles. The molecule has 9 N–H and O–H groups in total. The number of methoxy groups -OCH3 is 1. The summed E-state index contributed by atoms with van der Waals surface area (Å²) in [7, 11) is 1.20. The zero-order valence-electron chi connectivity index (χ0n) is 32.5. The fourth-order valence-electron chi connectivity index (χ4n) is 5.52. The number of nitrogens with zero attached hydrogens (tertiary/aromatic N) is 4. The average molecular weight is 824 g/mol. The summed E-state index contributed by atoms with van der Waals surface area (Å²) in [6.45, 7) is 4.32. The highest BCUT2D eigenvalue weighted by Crippen LogP contribution is 2.18. The van der Waals surface area contributed by atoms with Gasteiger partial charge in [0.15, 0.2) is 17.0 Å². The summed E-state index contributed by atoms with van der Waals surface area (Å²) in [5.74, 6) is -6.15. The van der Waals surface area contributed by atoms with Crippen LogP contribution in [0.4, 0.5) is 30.6 Å². The quantitative estimate of drug-likeness (QED) is 0.0594. The molecule has 0 spiro atoms. The third-order valence-electron chi connectivity index (χ3n) is 8.79.